The van der Waals surface area contributed by atoms with Gasteiger partial charge in [-0.2, -0.15) is 0 Å². The number of fused-ring (bicyclic) bond motifs is 1. The number of hydrogen-bond donors (Lipinski definition) is 0. The Morgan fingerprint density at radius 3 is 2.72 bits per heavy atom. The van der Waals surface area contributed by atoms with Crippen LogP contribution in [0.3, 0.4) is 0 Å². The second-order valence-corrected chi connectivity index (χ2v) is 7.26. The molecule has 1 aliphatic rings. The lowest BCUT2D eigenvalue weighted by molar-refractivity contribution is 0.913. The maximum absolute atomic E-state index is 3.88. The van der Waals surface area contributed by atoms with E-state index in [-0.39, 0.29) is 0 Å². The fourth-order valence-corrected chi connectivity index (χ4v) is 4.92. The third kappa shape index (κ3) is 2.17. The molecule has 0 aliphatic heterocycles. The molecule has 2 aromatic rings. The van der Waals surface area contributed by atoms with E-state index in [1.807, 2.05) is 11.3 Å². The Hall–Kier alpha value is -0.600. The lowest BCUT2D eigenvalue weighted by Gasteiger charge is -2.12. The predicted molar refractivity (Wildman–Crippen MR) is 83.0 cm³/mol. The summed E-state index contributed by atoms with van der Waals surface area (Å²) in [6.45, 7) is 4.36. The summed E-state index contributed by atoms with van der Waals surface area (Å²) in [5, 5.41) is 0. The SMILES string of the molecule is Cc1ccc(C(Br)c2cc3c(s2)CCC3)c(C)c1. The van der Waals surface area contributed by atoms with Gasteiger partial charge in [0.1, 0.15) is 0 Å². The van der Waals surface area contributed by atoms with Gasteiger partial charge in [-0.1, -0.05) is 39.7 Å². The van der Waals surface area contributed by atoms with Crippen LogP contribution in [-0.2, 0) is 12.8 Å². The minimum absolute atomic E-state index is 0.355. The summed E-state index contributed by atoms with van der Waals surface area (Å²) < 4.78 is 0. The average molecular weight is 321 g/mol. The van der Waals surface area contributed by atoms with E-state index in [1.54, 1.807) is 10.4 Å². The highest BCUT2D eigenvalue weighted by atomic mass is 79.9. The van der Waals surface area contributed by atoms with Crippen molar-refractivity contribution in [2.24, 2.45) is 0 Å². The second kappa shape index (κ2) is 4.82. The van der Waals surface area contributed by atoms with Crippen molar-refractivity contribution in [1.29, 1.82) is 0 Å². The molecule has 0 amide bonds. The molecular weight excluding hydrogens is 304 g/mol. The first-order chi connectivity index (χ1) is 8.65. The van der Waals surface area contributed by atoms with Gasteiger partial charge in [0.15, 0.2) is 0 Å². The summed E-state index contributed by atoms with van der Waals surface area (Å²) in [4.78, 5) is 3.43. The first-order valence-electron chi connectivity index (χ1n) is 6.48. The molecule has 0 saturated carbocycles. The Bertz CT molecular complexity index is 561. The standard InChI is InChI=1S/C16H17BrS/c1-10-6-7-13(11(2)8-10)16(17)15-9-12-4-3-5-14(12)18-15/h6-9,16H,3-5H2,1-2H3. The van der Waals surface area contributed by atoms with Crippen molar-refractivity contribution < 1.29 is 0 Å². The van der Waals surface area contributed by atoms with E-state index in [0.29, 0.717) is 4.83 Å². The molecule has 2 heteroatoms. The van der Waals surface area contributed by atoms with Crippen molar-refractivity contribution in [2.45, 2.75) is 37.9 Å². The van der Waals surface area contributed by atoms with Crippen molar-refractivity contribution in [3.8, 4) is 0 Å². The molecule has 0 saturated heterocycles. The largest absolute Gasteiger partial charge is 0.144 e. The average Bonchev–Trinajstić information content (AvgIpc) is 2.87. The van der Waals surface area contributed by atoms with Gasteiger partial charge in [-0.25, -0.2) is 0 Å². The lowest BCUT2D eigenvalue weighted by atomic mass is 10.0. The first kappa shape index (κ1) is 12.4. The topological polar surface area (TPSA) is 0 Å². The van der Waals surface area contributed by atoms with Gasteiger partial charge in [0.05, 0.1) is 4.83 Å². The van der Waals surface area contributed by atoms with Gasteiger partial charge in [-0.15, -0.1) is 11.3 Å². The second-order valence-electron chi connectivity index (χ2n) is 5.17. The minimum atomic E-state index is 0.355. The number of halogens is 1. The van der Waals surface area contributed by atoms with Gasteiger partial charge in [0.25, 0.3) is 0 Å². The summed E-state index contributed by atoms with van der Waals surface area (Å²) in [7, 11) is 0. The number of aryl methyl sites for hydroxylation is 4. The Labute approximate surface area is 121 Å². The van der Waals surface area contributed by atoms with Gasteiger partial charge in [-0.3, -0.25) is 0 Å². The van der Waals surface area contributed by atoms with Crippen molar-refractivity contribution in [2.75, 3.05) is 0 Å². The van der Waals surface area contributed by atoms with Crippen LogP contribution in [0.2, 0.25) is 0 Å². The summed E-state index contributed by atoms with van der Waals surface area (Å²) in [5.41, 5.74) is 5.71. The number of benzene rings is 1. The van der Waals surface area contributed by atoms with Gasteiger partial charge in [0.2, 0.25) is 0 Å². The Balaban J connectivity index is 1.95. The molecule has 0 fully saturated rings. The molecule has 18 heavy (non-hydrogen) atoms. The quantitative estimate of drug-likeness (QED) is 0.655. The molecule has 3 rings (SSSR count). The molecule has 1 atom stereocenters. The minimum Gasteiger partial charge on any atom is -0.144 e. The third-order valence-corrected chi connectivity index (χ3v) is 6.31. The monoisotopic (exact) mass is 320 g/mol. The van der Waals surface area contributed by atoms with Crippen LogP contribution in [0.5, 0.6) is 0 Å². The summed E-state index contributed by atoms with van der Waals surface area (Å²) in [6.07, 6.45) is 3.91. The Morgan fingerprint density at radius 1 is 1.17 bits per heavy atom. The number of hydrogen-bond acceptors (Lipinski definition) is 1. The van der Waals surface area contributed by atoms with Gasteiger partial charge in [0, 0.05) is 9.75 Å². The molecule has 0 spiro atoms. The highest BCUT2D eigenvalue weighted by Gasteiger charge is 2.20. The molecule has 1 aromatic carbocycles. The molecule has 1 heterocycles. The smallest absolute Gasteiger partial charge is 0.0740 e. The van der Waals surface area contributed by atoms with E-state index in [4.69, 9.17) is 0 Å². The third-order valence-electron chi connectivity index (χ3n) is 3.71. The fraction of sp³-hybridized carbons (Fsp3) is 0.375. The summed E-state index contributed by atoms with van der Waals surface area (Å²) in [6, 6.07) is 9.14. The molecule has 1 aliphatic carbocycles. The molecule has 1 aromatic heterocycles. The first-order valence-corrected chi connectivity index (χ1v) is 8.21. The highest BCUT2D eigenvalue weighted by Crippen LogP contribution is 2.41. The van der Waals surface area contributed by atoms with Crippen LogP contribution in [0, 0.1) is 13.8 Å². The van der Waals surface area contributed by atoms with E-state index in [1.165, 1.54) is 40.8 Å². The van der Waals surface area contributed by atoms with Crippen LogP contribution in [0.25, 0.3) is 0 Å². The summed E-state index contributed by atoms with van der Waals surface area (Å²) >= 11 is 5.87. The van der Waals surface area contributed by atoms with Crippen LogP contribution in [-0.4, -0.2) is 0 Å². The van der Waals surface area contributed by atoms with E-state index < -0.39 is 0 Å². The molecule has 0 nitrogen and oxygen atoms in total. The molecular formula is C16H17BrS. The van der Waals surface area contributed by atoms with Crippen LogP contribution >= 0.6 is 27.3 Å². The molecule has 1 unspecified atom stereocenters. The van der Waals surface area contributed by atoms with Crippen molar-refractivity contribution in [3.63, 3.8) is 0 Å². The zero-order valence-corrected chi connectivity index (χ0v) is 13.2. The maximum Gasteiger partial charge on any atom is 0.0740 e. The van der Waals surface area contributed by atoms with Crippen LogP contribution in [0.1, 0.15) is 43.3 Å². The van der Waals surface area contributed by atoms with E-state index in [2.05, 4.69) is 54.0 Å². The van der Waals surface area contributed by atoms with E-state index in [9.17, 15) is 0 Å². The Kier molecular flexibility index (Phi) is 3.33. The molecule has 0 bridgehead atoms. The summed E-state index contributed by atoms with van der Waals surface area (Å²) in [5.74, 6) is 0. The molecule has 0 N–H and O–H groups in total. The van der Waals surface area contributed by atoms with E-state index in [0.717, 1.165) is 0 Å². The number of thiophene rings is 1. The predicted octanol–water partition coefficient (Wildman–Crippen LogP) is 5.34. The Morgan fingerprint density at radius 2 is 2.00 bits per heavy atom. The zero-order valence-electron chi connectivity index (χ0n) is 10.8. The van der Waals surface area contributed by atoms with Gasteiger partial charge < -0.3 is 0 Å². The van der Waals surface area contributed by atoms with Crippen LogP contribution in [0.4, 0.5) is 0 Å². The number of rotatable bonds is 2. The maximum atomic E-state index is 3.88. The molecule has 0 radical (unpaired) electrons. The van der Waals surface area contributed by atoms with Gasteiger partial charge in [-0.05, 0) is 55.9 Å². The normalized spacial score (nSPS) is 15.7. The number of alkyl halides is 1. The molecule has 94 valence electrons. The lowest BCUT2D eigenvalue weighted by Crippen LogP contribution is -1.94. The van der Waals surface area contributed by atoms with Crippen molar-refractivity contribution in [1.82, 2.24) is 0 Å². The van der Waals surface area contributed by atoms with Crippen molar-refractivity contribution >= 4 is 27.3 Å². The van der Waals surface area contributed by atoms with Crippen LogP contribution < -0.4 is 0 Å². The highest BCUT2D eigenvalue weighted by molar-refractivity contribution is 9.09. The van der Waals surface area contributed by atoms with E-state index >= 15 is 0 Å². The fourth-order valence-electron chi connectivity index (χ4n) is 2.74. The van der Waals surface area contributed by atoms with Crippen LogP contribution in [0.15, 0.2) is 24.3 Å². The van der Waals surface area contributed by atoms with Crippen molar-refractivity contribution in [3.05, 3.63) is 56.3 Å². The zero-order chi connectivity index (χ0) is 12.7. The van der Waals surface area contributed by atoms with Gasteiger partial charge >= 0.3 is 0 Å².